The van der Waals surface area contributed by atoms with Crippen molar-refractivity contribution >= 4 is 15.9 Å². The van der Waals surface area contributed by atoms with Gasteiger partial charge in [-0.3, -0.25) is 0 Å². The van der Waals surface area contributed by atoms with E-state index in [4.69, 9.17) is 4.74 Å². The highest BCUT2D eigenvalue weighted by Gasteiger charge is 2.47. The minimum atomic E-state index is -3.20. The normalized spacial score (nSPS) is 20.3. The summed E-state index contributed by atoms with van der Waals surface area (Å²) in [6.45, 7) is 2.62. The van der Waals surface area contributed by atoms with E-state index < -0.39 is 15.3 Å². The van der Waals surface area contributed by atoms with Crippen LogP contribution in [0.25, 0.3) is 0 Å². The first-order valence-electron chi connectivity index (χ1n) is 11.0. The Balaban J connectivity index is 1.27. The molecule has 6 nitrogen and oxygen atoms in total. The lowest BCUT2D eigenvalue weighted by atomic mass is 9.98. The Morgan fingerprint density at radius 3 is 2.67 bits per heavy atom. The lowest BCUT2D eigenvalue weighted by Gasteiger charge is -2.18. The molecule has 8 heteroatoms. The Morgan fingerprint density at radius 2 is 2.00 bits per heavy atom. The Bertz CT molecular complexity index is 881. The molecule has 1 N–H and O–H groups in total. The summed E-state index contributed by atoms with van der Waals surface area (Å²) in [5.74, 6) is 0.664. The van der Waals surface area contributed by atoms with Gasteiger partial charge >= 0.3 is 6.03 Å². The highest BCUT2D eigenvalue weighted by atomic mass is 32.2. The van der Waals surface area contributed by atoms with Crippen molar-refractivity contribution in [3.63, 3.8) is 0 Å². The van der Waals surface area contributed by atoms with Crippen molar-refractivity contribution in [3.8, 4) is 5.75 Å². The van der Waals surface area contributed by atoms with Gasteiger partial charge in [0.25, 0.3) is 0 Å². The predicted molar refractivity (Wildman–Crippen MR) is 113 cm³/mol. The van der Waals surface area contributed by atoms with Gasteiger partial charge in [-0.25, -0.2) is 17.6 Å². The summed E-state index contributed by atoms with van der Waals surface area (Å²) in [7, 11) is -3.20. The molecule has 2 saturated carbocycles. The smallest absolute Gasteiger partial charge is 0.317 e. The van der Waals surface area contributed by atoms with Gasteiger partial charge in [-0.05, 0) is 62.1 Å². The number of halogens is 1. The number of hydrogen-bond acceptors (Lipinski definition) is 4. The predicted octanol–water partition coefficient (Wildman–Crippen LogP) is 3.26. The molecule has 2 aliphatic carbocycles. The zero-order valence-corrected chi connectivity index (χ0v) is 18.2. The van der Waals surface area contributed by atoms with Gasteiger partial charge in [0.05, 0.1) is 18.1 Å². The standard InChI is InChI=1S/C22H31FN2O4S/c23-19-7-6-18(14-20(19)29-15-17-4-5-17)22(8-9-22)16-30(27,28)13-3-1-2-11-25-12-10-24-21(25)26/h6-7,14,17H,1-5,8-13,15-16H2,(H,24,26). The van der Waals surface area contributed by atoms with Crippen LogP contribution in [0, 0.1) is 11.7 Å². The summed E-state index contributed by atoms with van der Waals surface area (Å²) in [5.41, 5.74) is 0.482. The number of benzene rings is 1. The zero-order valence-electron chi connectivity index (χ0n) is 17.4. The first-order valence-corrected chi connectivity index (χ1v) is 12.9. The number of nitrogens with one attached hydrogen (secondary N) is 1. The maximum atomic E-state index is 14.1. The first-order chi connectivity index (χ1) is 14.4. The van der Waals surface area contributed by atoms with Crippen molar-refractivity contribution in [2.75, 3.05) is 37.7 Å². The number of ether oxygens (including phenoxy) is 1. The molecule has 3 aliphatic rings. The number of carbonyl (C=O) groups is 1. The number of carbonyl (C=O) groups excluding carboxylic acids is 1. The summed E-state index contributed by atoms with van der Waals surface area (Å²) in [5, 5.41) is 2.77. The number of rotatable bonds is 12. The fourth-order valence-corrected chi connectivity index (χ4v) is 6.21. The van der Waals surface area contributed by atoms with Gasteiger partial charge in [0.1, 0.15) is 0 Å². The molecule has 1 aromatic carbocycles. The number of amides is 2. The fourth-order valence-electron chi connectivity index (χ4n) is 4.12. The van der Waals surface area contributed by atoms with Crippen LogP contribution in [-0.2, 0) is 15.3 Å². The van der Waals surface area contributed by atoms with Gasteiger partial charge in [-0.1, -0.05) is 12.5 Å². The number of sulfone groups is 1. The SMILES string of the molecule is O=C1NCCN1CCCCCS(=O)(=O)CC1(c2ccc(F)c(OCC3CC3)c2)CC1. The van der Waals surface area contributed by atoms with E-state index in [0.29, 0.717) is 32.0 Å². The third-order valence-corrected chi connectivity index (χ3v) is 8.30. The minimum absolute atomic E-state index is 0.0296. The molecule has 0 atom stereocenters. The van der Waals surface area contributed by atoms with Crippen molar-refractivity contribution in [2.24, 2.45) is 5.92 Å². The number of nitrogens with zero attached hydrogens (tertiary/aromatic N) is 1. The van der Waals surface area contributed by atoms with Gasteiger partial charge < -0.3 is 15.0 Å². The van der Waals surface area contributed by atoms with E-state index in [1.807, 2.05) is 0 Å². The second-order valence-corrected chi connectivity index (χ2v) is 11.2. The molecular formula is C22H31FN2O4S. The van der Waals surface area contributed by atoms with E-state index in [1.165, 1.54) is 6.07 Å². The van der Waals surface area contributed by atoms with E-state index >= 15 is 0 Å². The van der Waals surface area contributed by atoms with Crippen LogP contribution in [0.4, 0.5) is 9.18 Å². The number of unbranched alkanes of at least 4 members (excludes halogenated alkanes) is 2. The Kier molecular flexibility index (Phi) is 6.23. The average Bonchev–Trinajstić information content (AvgIpc) is 3.62. The molecule has 2 amide bonds. The summed E-state index contributed by atoms with van der Waals surface area (Å²) < 4.78 is 45.2. The van der Waals surface area contributed by atoms with Crippen molar-refractivity contribution in [3.05, 3.63) is 29.6 Å². The Morgan fingerprint density at radius 1 is 1.20 bits per heavy atom. The Labute approximate surface area is 178 Å². The van der Waals surface area contributed by atoms with Crippen LogP contribution in [0.2, 0.25) is 0 Å². The molecule has 0 unspecified atom stereocenters. The minimum Gasteiger partial charge on any atom is -0.490 e. The molecule has 0 spiro atoms. The Hall–Kier alpha value is -1.83. The number of hydrogen-bond donors (Lipinski definition) is 1. The maximum absolute atomic E-state index is 14.1. The molecular weight excluding hydrogens is 407 g/mol. The fraction of sp³-hybridized carbons (Fsp3) is 0.682. The lowest BCUT2D eigenvalue weighted by molar-refractivity contribution is 0.216. The first kappa shape index (κ1) is 21.4. The largest absolute Gasteiger partial charge is 0.490 e. The molecule has 1 saturated heterocycles. The van der Waals surface area contributed by atoms with Crippen molar-refractivity contribution < 1.29 is 22.3 Å². The van der Waals surface area contributed by atoms with Crippen molar-refractivity contribution in [2.45, 2.75) is 50.4 Å². The highest BCUT2D eigenvalue weighted by Crippen LogP contribution is 2.50. The molecule has 3 fully saturated rings. The van der Waals surface area contributed by atoms with Crippen LogP contribution in [-0.4, -0.2) is 57.1 Å². The summed E-state index contributed by atoms with van der Waals surface area (Å²) in [4.78, 5) is 13.3. The van der Waals surface area contributed by atoms with Crippen molar-refractivity contribution in [1.29, 1.82) is 0 Å². The topological polar surface area (TPSA) is 75.7 Å². The van der Waals surface area contributed by atoms with Gasteiger partial charge in [0, 0.05) is 25.0 Å². The van der Waals surface area contributed by atoms with Gasteiger partial charge in [-0.2, -0.15) is 0 Å². The van der Waals surface area contributed by atoms with Crippen LogP contribution < -0.4 is 10.1 Å². The zero-order chi connectivity index (χ0) is 21.2. The quantitative estimate of drug-likeness (QED) is 0.508. The van der Waals surface area contributed by atoms with E-state index in [2.05, 4.69) is 5.32 Å². The van der Waals surface area contributed by atoms with E-state index in [-0.39, 0.29) is 29.1 Å². The van der Waals surface area contributed by atoms with Gasteiger partial charge in [-0.15, -0.1) is 0 Å². The molecule has 166 valence electrons. The van der Waals surface area contributed by atoms with Crippen LogP contribution >= 0.6 is 0 Å². The van der Waals surface area contributed by atoms with E-state index in [1.54, 1.807) is 17.0 Å². The van der Waals surface area contributed by atoms with Crippen molar-refractivity contribution in [1.82, 2.24) is 10.2 Å². The molecule has 1 aromatic rings. The third kappa shape index (κ3) is 5.45. The monoisotopic (exact) mass is 438 g/mol. The summed E-state index contributed by atoms with van der Waals surface area (Å²) >= 11 is 0. The molecule has 0 aromatic heterocycles. The van der Waals surface area contributed by atoms with Crippen LogP contribution in [0.5, 0.6) is 5.75 Å². The summed E-state index contributed by atoms with van der Waals surface area (Å²) in [6, 6.07) is 4.79. The summed E-state index contributed by atoms with van der Waals surface area (Å²) in [6.07, 6.45) is 6.09. The second-order valence-electron chi connectivity index (χ2n) is 9.05. The maximum Gasteiger partial charge on any atom is 0.317 e. The second kappa shape index (κ2) is 8.73. The van der Waals surface area contributed by atoms with Gasteiger partial charge in [0.15, 0.2) is 21.4 Å². The molecule has 1 aliphatic heterocycles. The van der Waals surface area contributed by atoms with E-state index in [0.717, 1.165) is 50.6 Å². The van der Waals surface area contributed by atoms with Crippen LogP contribution in [0.3, 0.4) is 0 Å². The van der Waals surface area contributed by atoms with Crippen LogP contribution in [0.15, 0.2) is 18.2 Å². The molecule has 30 heavy (non-hydrogen) atoms. The average molecular weight is 439 g/mol. The molecule has 0 bridgehead atoms. The molecule has 1 heterocycles. The lowest BCUT2D eigenvalue weighted by Crippen LogP contribution is -2.29. The van der Waals surface area contributed by atoms with Gasteiger partial charge in [0.2, 0.25) is 0 Å². The third-order valence-electron chi connectivity index (χ3n) is 6.39. The molecule has 0 radical (unpaired) electrons. The molecule has 4 rings (SSSR count). The number of urea groups is 1. The highest BCUT2D eigenvalue weighted by molar-refractivity contribution is 7.91. The van der Waals surface area contributed by atoms with Crippen LogP contribution in [0.1, 0.15) is 50.5 Å². The van der Waals surface area contributed by atoms with E-state index in [9.17, 15) is 17.6 Å².